The molecule has 102 valence electrons. The molecule has 5 heteroatoms. The molecule has 20 heavy (non-hydrogen) atoms. The van der Waals surface area contributed by atoms with Crippen LogP contribution in [0.15, 0.2) is 64.2 Å². The first-order valence-electron chi connectivity index (χ1n) is 6.07. The minimum Gasteiger partial charge on any atom is -0.331 e. The number of hydrogen-bond acceptors (Lipinski definition) is 2. The van der Waals surface area contributed by atoms with E-state index in [-0.39, 0.29) is 0 Å². The molecule has 2 aromatic carbocycles. The van der Waals surface area contributed by atoms with Gasteiger partial charge in [-0.15, -0.1) is 0 Å². The summed E-state index contributed by atoms with van der Waals surface area (Å²) in [6, 6.07) is 17.7. The lowest BCUT2D eigenvalue weighted by molar-refractivity contribution is 1.04. The predicted molar refractivity (Wildman–Crippen MR) is 92.2 cm³/mol. The van der Waals surface area contributed by atoms with E-state index in [1.165, 1.54) is 0 Å². The molecule has 0 saturated carbocycles. The number of thiocarbonyl (C=S) groups is 1. The number of hydrazone groups is 1. The van der Waals surface area contributed by atoms with E-state index in [2.05, 4.69) is 31.8 Å². The summed E-state index contributed by atoms with van der Waals surface area (Å²) in [6.45, 7) is 1.93. The van der Waals surface area contributed by atoms with Gasteiger partial charge < -0.3 is 5.32 Å². The smallest absolute Gasteiger partial charge is 0.191 e. The molecule has 2 aromatic rings. The molecule has 0 unspecified atom stereocenters. The van der Waals surface area contributed by atoms with Gasteiger partial charge >= 0.3 is 0 Å². The molecule has 0 radical (unpaired) electrons. The second-order valence-electron chi connectivity index (χ2n) is 4.14. The Morgan fingerprint density at radius 1 is 1.05 bits per heavy atom. The van der Waals surface area contributed by atoms with Crippen molar-refractivity contribution in [3.63, 3.8) is 0 Å². The first kappa shape index (κ1) is 14.7. The van der Waals surface area contributed by atoms with Crippen LogP contribution in [0.5, 0.6) is 0 Å². The fraction of sp³-hybridized carbons (Fsp3) is 0.0667. The van der Waals surface area contributed by atoms with Crippen LogP contribution in [0.3, 0.4) is 0 Å². The minimum atomic E-state index is 0.465. The molecule has 0 aliphatic heterocycles. The van der Waals surface area contributed by atoms with Crippen LogP contribution in [-0.2, 0) is 0 Å². The van der Waals surface area contributed by atoms with Crippen molar-refractivity contribution in [2.75, 3.05) is 5.32 Å². The predicted octanol–water partition coefficient (Wildman–Crippen LogP) is 4.16. The standard InChI is InChI=1S/C15H14BrN3S/c1-11(12-7-9-13(16)10-8-12)18-19-15(20)17-14-5-3-2-4-6-14/h2-10H,1H3,(H2,17,19,20)/b18-11+. The zero-order chi connectivity index (χ0) is 14.4. The van der Waals surface area contributed by atoms with Crippen LogP contribution in [0.2, 0.25) is 0 Å². The molecule has 0 aromatic heterocycles. The number of nitrogens with one attached hydrogen (secondary N) is 2. The second kappa shape index (κ2) is 7.17. The average Bonchev–Trinajstić information content (AvgIpc) is 2.46. The lowest BCUT2D eigenvalue weighted by atomic mass is 10.1. The number of para-hydroxylation sites is 1. The van der Waals surface area contributed by atoms with Gasteiger partial charge in [-0.25, -0.2) is 0 Å². The maximum absolute atomic E-state index is 5.19. The van der Waals surface area contributed by atoms with Crippen LogP contribution < -0.4 is 10.7 Å². The zero-order valence-corrected chi connectivity index (χ0v) is 13.3. The van der Waals surface area contributed by atoms with Crippen LogP contribution in [0, 0.1) is 0 Å². The van der Waals surface area contributed by atoms with E-state index in [0.717, 1.165) is 21.4 Å². The molecule has 0 atom stereocenters. The van der Waals surface area contributed by atoms with Gasteiger partial charge in [-0.3, -0.25) is 5.43 Å². The molecule has 3 nitrogen and oxygen atoms in total. The van der Waals surface area contributed by atoms with Gasteiger partial charge in [-0.2, -0.15) is 5.10 Å². The highest BCUT2D eigenvalue weighted by Crippen LogP contribution is 2.11. The van der Waals surface area contributed by atoms with Gasteiger partial charge in [0.25, 0.3) is 0 Å². The summed E-state index contributed by atoms with van der Waals surface area (Å²) >= 11 is 8.60. The quantitative estimate of drug-likeness (QED) is 0.497. The SMILES string of the molecule is C/C(=N\NC(=S)Nc1ccccc1)c1ccc(Br)cc1. The highest BCUT2D eigenvalue weighted by atomic mass is 79.9. The third-order valence-corrected chi connectivity index (χ3v) is 3.34. The molecule has 0 amide bonds. The third-order valence-electron chi connectivity index (χ3n) is 2.62. The summed E-state index contributed by atoms with van der Waals surface area (Å²) < 4.78 is 1.04. The third kappa shape index (κ3) is 4.43. The first-order valence-corrected chi connectivity index (χ1v) is 7.27. The number of halogens is 1. The molecule has 0 aliphatic carbocycles. The van der Waals surface area contributed by atoms with Gasteiger partial charge in [-0.05, 0) is 49.0 Å². The largest absolute Gasteiger partial charge is 0.331 e. The second-order valence-corrected chi connectivity index (χ2v) is 5.46. The highest BCUT2D eigenvalue weighted by Gasteiger charge is 1.99. The Morgan fingerprint density at radius 2 is 1.70 bits per heavy atom. The van der Waals surface area contributed by atoms with Crippen molar-refractivity contribution in [1.82, 2.24) is 5.43 Å². The lowest BCUT2D eigenvalue weighted by Crippen LogP contribution is -2.24. The molecule has 0 aliphatic rings. The molecule has 0 heterocycles. The van der Waals surface area contributed by atoms with Crippen LogP contribution in [0.25, 0.3) is 0 Å². The van der Waals surface area contributed by atoms with Crippen molar-refractivity contribution >= 4 is 44.7 Å². The first-order chi connectivity index (χ1) is 9.65. The van der Waals surface area contributed by atoms with Gasteiger partial charge in [0, 0.05) is 10.2 Å². The monoisotopic (exact) mass is 347 g/mol. The average molecular weight is 348 g/mol. The van der Waals surface area contributed by atoms with E-state index in [9.17, 15) is 0 Å². The number of hydrogen-bond donors (Lipinski definition) is 2. The van der Waals surface area contributed by atoms with Crippen molar-refractivity contribution in [2.24, 2.45) is 5.10 Å². The van der Waals surface area contributed by atoms with Crippen molar-refractivity contribution < 1.29 is 0 Å². The van der Waals surface area contributed by atoms with Crippen LogP contribution in [0.4, 0.5) is 5.69 Å². The molecule has 2 rings (SSSR count). The molecule has 0 spiro atoms. The van der Waals surface area contributed by atoms with Gasteiger partial charge in [0.2, 0.25) is 0 Å². The van der Waals surface area contributed by atoms with Gasteiger partial charge in [-0.1, -0.05) is 46.3 Å². The van der Waals surface area contributed by atoms with Crippen molar-refractivity contribution in [3.05, 3.63) is 64.6 Å². The number of nitrogens with zero attached hydrogens (tertiary/aromatic N) is 1. The Labute approximate surface area is 132 Å². The number of rotatable bonds is 3. The van der Waals surface area contributed by atoms with Crippen LogP contribution in [-0.4, -0.2) is 10.8 Å². The van der Waals surface area contributed by atoms with E-state index in [4.69, 9.17) is 12.2 Å². The highest BCUT2D eigenvalue weighted by molar-refractivity contribution is 9.10. The summed E-state index contributed by atoms with van der Waals surface area (Å²) in [4.78, 5) is 0. The summed E-state index contributed by atoms with van der Waals surface area (Å²) in [5, 5.41) is 7.80. The Kier molecular flexibility index (Phi) is 5.26. The van der Waals surface area contributed by atoms with E-state index in [1.54, 1.807) is 0 Å². The molecular weight excluding hydrogens is 334 g/mol. The van der Waals surface area contributed by atoms with Crippen LogP contribution in [0.1, 0.15) is 12.5 Å². The summed E-state index contributed by atoms with van der Waals surface area (Å²) in [7, 11) is 0. The Morgan fingerprint density at radius 3 is 2.35 bits per heavy atom. The minimum absolute atomic E-state index is 0.465. The van der Waals surface area contributed by atoms with E-state index < -0.39 is 0 Å². The Balaban J connectivity index is 1.95. The summed E-state index contributed by atoms with van der Waals surface area (Å²) in [5.74, 6) is 0. The van der Waals surface area contributed by atoms with Gasteiger partial charge in [0.05, 0.1) is 5.71 Å². The maximum atomic E-state index is 5.19. The Bertz CT molecular complexity index is 609. The molecule has 0 bridgehead atoms. The Hall–Kier alpha value is -1.72. The number of anilines is 1. The van der Waals surface area contributed by atoms with E-state index in [1.807, 2.05) is 61.5 Å². The van der Waals surface area contributed by atoms with Gasteiger partial charge in [0.15, 0.2) is 5.11 Å². The fourth-order valence-electron chi connectivity index (χ4n) is 1.57. The number of benzene rings is 2. The van der Waals surface area contributed by atoms with Gasteiger partial charge in [0.1, 0.15) is 0 Å². The maximum Gasteiger partial charge on any atom is 0.191 e. The van der Waals surface area contributed by atoms with Crippen molar-refractivity contribution in [3.8, 4) is 0 Å². The lowest BCUT2D eigenvalue weighted by Gasteiger charge is -2.07. The summed E-state index contributed by atoms with van der Waals surface area (Å²) in [5.41, 5.74) is 5.69. The van der Waals surface area contributed by atoms with Crippen molar-refractivity contribution in [2.45, 2.75) is 6.92 Å². The zero-order valence-electron chi connectivity index (χ0n) is 10.9. The van der Waals surface area contributed by atoms with Crippen LogP contribution >= 0.6 is 28.1 Å². The topological polar surface area (TPSA) is 36.4 Å². The normalized spacial score (nSPS) is 11.0. The fourth-order valence-corrected chi connectivity index (χ4v) is 2.00. The summed E-state index contributed by atoms with van der Waals surface area (Å²) in [6.07, 6.45) is 0. The molecule has 2 N–H and O–H groups in total. The van der Waals surface area contributed by atoms with E-state index >= 15 is 0 Å². The molecular formula is C15H14BrN3S. The molecule has 0 fully saturated rings. The molecule has 0 saturated heterocycles. The van der Waals surface area contributed by atoms with Crippen molar-refractivity contribution in [1.29, 1.82) is 0 Å². The van der Waals surface area contributed by atoms with E-state index in [0.29, 0.717) is 5.11 Å².